The van der Waals surface area contributed by atoms with Crippen molar-refractivity contribution in [3.63, 3.8) is 0 Å². The molecule has 0 radical (unpaired) electrons. The first-order valence-electron chi connectivity index (χ1n) is 14.5. The molecule has 2 atom stereocenters. The lowest BCUT2D eigenvalue weighted by Crippen LogP contribution is -2.46. The molecule has 3 aromatic rings. The van der Waals surface area contributed by atoms with Crippen LogP contribution in [-0.4, -0.2) is 75.6 Å². The van der Waals surface area contributed by atoms with Crippen molar-refractivity contribution in [2.24, 2.45) is 11.3 Å². The largest absolute Gasteiger partial charge is 0.342 e. The van der Waals surface area contributed by atoms with Crippen molar-refractivity contribution in [2.45, 2.75) is 45.1 Å². The van der Waals surface area contributed by atoms with Crippen LogP contribution in [0.25, 0.3) is 5.69 Å². The van der Waals surface area contributed by atoms with Crippen LogP contribution >= 0.6 is 0 Å². The topological polar surface area (TPSA) is 61.7 Å². The van der Waals surface area contributed by atoms with Crippen LogP contribution in [0.5, 0.6) is 0 Å². The van der Waals surface area contributed by atoms with Gasteiger partial charge in [0.2, 0.25) is 11.8 Å². The fourth-order valence-corrected chi connectivity index (χ4v) is 6.96. The molecule has 1 unspecified atom stereocenters. The summed E-state index contributed by atoms with van der Waals surface area (Å²) in [6, 6.07) is 20.9. The molecular weight excluding hydrogens is 486 g/mol. The molecule has 1 spiro atoms. The number of benzene rings is 2. The summed E-state index contributed by atoms with van der Waals surface area (Å²) < 4.78 is 1.85. The van der Waals surface area contributed by atoms with Crippen LogP contribution in [0.3, 0.4) is 0 Å². The van der Waals surface area contributed by atoms with E-state index in [1.807, 2.05) is 23.9 Å². The van der Waals surface area contributed by atoms with E-state index in [1.165, 1.54) is 5.56 Å². The van der Waals surface area contributed by atoms with E-state index < -0.39 is 0 Å². The third-order valence-electron chi connectivity index (χ3n) is 9.31. The molecular formula is C32H39N5O2. The first-order chi connectivity index (χ1) is 19.0. The SMILES string of the molecule is CCC(=O)N1CC(CN2CCC3(CC2)CCN(Cc2ccc(-n4cccn4)cc2)C3=O)[C@@H](c2ccccc2)C1. The van der Waals surface area contributed by atoms with Gasteiger partial charge in [-0.05, 0) is 67.6 Å². The number of likely N-dealkylation sites (tertiary alicyclic amines) is 3. The number of amides is 2. The van der Waals surface area contributed by atoms with E-state index in [0.29, 0.717) is 30.7 Å². The molecule has 3 aliphatic heterocycles. The number of aromatic nitrogens is 2. The third kappa shape index (κ3) is 5.24. The Morgan fingerprint density at radius 2 is 1.69 bits per heavy atom. The second kappa shape index (κ2) is 11.0. The summed E-state index contributed by atoms with van der Waals surface area (Å²) in [6.45, 7) is 8.02. The predicted molar refractivity (Wildman–Crippen MR) is 151 cm³/mol. The number of nitrogens with zero attached hydrogens (tertiary/aromatic N) is 5. The van der Waals surface area contributed by atoms with Crippen LogP contribution in [0.1, 0.15) is 49.7 Å². The standard InChI is InChI=1S/C32H39N5O2/c1-2-30(38)36-23-27(29(24-36)26-7-4-3-5-8-26)22-34-18-13-32(14-19-34)15-20-35(31(32)39)21-25-9-11-28(12-10-25)37-17-6-16-33-37/h3-12,16-17,27,29H,2,13-15,18-24H2,1H3/t27?,29-/m1/s1. The number of piperidine rings is 1. The molecule has 0 saturated carbocycles. The van der Waals surface area contributed by atoms with Gasteiger partial charge in [-0.1, -0.05) is 49.4 Å². The Bertz CT molecular complexity index is 1270. The number of hydrogen-bond donors (Lipinski definition) is 0. The van der Waals surface area contributed by atoms with Crippen molar-refractivity contribution in [3.05, 3.63) is 84.2 Å². The highest BCUT2D eigenvalue weighted by Crippen LogP contribution is 2.43. The number of carbonyl (C=O) groups is 2. The molecule has 3 aliphatic rings. The Morgan fingerprint density at radius 3 is 2.38 bits per heavy atom. The molecule has 0 bridgehead atoms. The maximum absolute atomic E-state index is 13.6. The Morgan fingerprint density at radius 1 is 0.949 bits per heavy atom. The molecule has 6 rings (SSSR count). The van der Waals surface area contributed by atoms with Crippen LogP contribution in [-0.2, 0) is 16.1 Å². The average Bonchev–Trinajstić information content (AvgIpc) is 3.73. The third-order valence-corrected chi connectivity index (χ3v) is 9.31. The fraction of sp³-hybridized carbons (Fsp3) is 0.469. The summed E-state index contributed by atoms with van der Waals surface area (Å²) in [4.78, 5) is 32.8. The summed E-state index contributed by atoms with van der Waals surface area (Å²) in [6.07, 6.45) is 7.10. The molecule has 3 fully saturated rings. The normalized spacial score (nSPS) is 23.2. The van der Waals surface area contributed by atoms with Crippen LogP contribution < -0.4 is 0 Å². The van der Waals surface area contributed by atoms with Crippen LogP contribution in [0.4, 0.5) is 0 Å². The van der Waals surface area contributed by atoms with Gasteiger partial charge in [-0.25, -0.2) is 4.68 Å². The molecule has 4 heterocycles. The quantitative estimate of drug-likeness (QED) is 0.461. The minimum atomic E-state index is -0.204. The Kier molecular flexibility index (Phi) is 7.26. The van der Waals surface area contributed by atoms with Gasteiger partial charge in [-0.15, -0.1) is 0 Å². The minimum Gasteiger partial charge on any atom is -0.342 e. The summed E-state index contributed by atoms with van der Waals surface area (Å²) in [5.41, 5.74) is 3.32. The van der Waals surface area contributed by atoms with Crippen molar-refractivity contribution in [2.75, 3.05) is 39.3 Å². The molecule has 2 aromatic carbocycles. The van der Waals surface area contributed by atoms with E-state index in [9.17, 15) is 9.59 Å². The number of hydrogen-bond acceptors (Lipinski definition) is 4. The number of rotatable bonds is 7. The van der Waals surface area contributed by atoms with Crippen molar-refractivity contribution < 1.29 is 9.59 Å². The van der Waals surface area contributed by atoms with E-state index in [2.05, 4.69) is 74.4 Å². The summed E-state index contributed by atoms with van der Waals surface area (Å²) in [5.74, 6) is 1.39. The highest BCUT2D eigenvalue weighted by molar-refractivity contribution is 5.85. The first-order valence-corrected chi connectivity index (χ1v) is 14.5. The number of carbonyl (C=O) groups excluding carboxylic acids is 2. The van der Waals surface area contributed by atoms with E-state index >= 15 is 0 Å². The first kappa shape index (κ1) is 25.8. The molecule has 1 aromatic heterocycles. The lowest BCUT2D eigenvalue weighted by molar-refractivity contribution is -0.139. The van der Waals surface area contributed by atoms with Gasteiger partial charge in [-0.2, -0.15) is 5.10 Å². The second-order valence-corrected chi connectivity index (χ2v) is 11.6. The maximum atomic E-state index is 13.6. The monoisotopic (exact) mass is 525 g/mol. The van der Waals surface area contributed by atoms with Gasteiger partial charge in [-0.3, -0.25) is 9.59 Å². The Labute approximate surface area is 231 Å². The summed E-state index contributed by atoms with van der Waals surface area (Å²) in [7, 11) is 0. The van der Waals surface area contributed by atoms with E-state index in [4.69, 9.17) is 0 Å². The molecule has 2 amide bonds. The van der Waals surface area contributed by atoms with Gasteiger partial charge in [0.05, 0.1) is 11.1 Å². The van der Waals surface area contributed by atoms with Crippen molar-refractivity contribution in [1.29, 1.82) is 0 Å². The van der Waals surface area contributed by atoms with Gasteiger partial charge in [0.15, 0.2) is 0 Å². The van der Waals surface area contributed by atoms with Crippen molar-refractivity contribution in [3.8, 4) is 5.69 Å². The summed E-state index contributed by atoms with van der Waals surface area (Å²) in [5, 5.41) is 4.29. The Hall–Kier alpha value is -3.45. The predicted octanol–water partition coefficient (Wildman–Crippen LogP) is 4.34. The molecule has 39 heavy (non-hydrogen) atoms. The zero-order chi connectivity index (χ0) is 26.8. The molecule has 7 nitrogen and oxygen atoms in total. The van der Waals surface area contributed by atoms with E-state index in [0.717, 1.165) is 69.8 Å². The zero-order valence-electron chi connectivity index (χ0n) is 22.9. The zero-order valence-corrected chi connectivity index (χ0v) is 22.9. The molecule has 7 heteroatoms. The van der Waals surface area contributed by atoms with Gasteiger partial charge in [0.25, 0.3) is 0 Å². The van der Waals surface area contributed by atoms with Gasteiger partial charge >= 0.3 is 0 Å². The highest BCUT2D eigenvalue weighted by atomic mass is 16.2. The van der Waals surface area contributed by atoms with Crippen molar-refractivity contribution in [1.82, 2.24) is 24.5 Å². The van der Waals surface area contributed by atoms with Crippen molar-refractivity contribution >= 4 is 11.8 Å². The second-order valence-electron chi connectivity index (χ2n) is 11.6. The highest BCUT2D eigenvalue weighted by Gasteiger charge is 2.48. The van der Waals surface area contributed by atoms with Gasteiger partial charge in [0.1, 0.15) is 0 Å². The summed E-state index contributed by atoms with van der Waals surface area (Å²) >= 11 is 0. The maximum Gasteiger partial charge on any atom is 0.229 e. The van der Waals surface area contributed by atoms with Crippen LogP contribution in [0.2, 0.25) is 0 Å². The van der Waals surface area contributed by atoms with Gasteiger partial charge in [0, 0.05) is 57.5 Å². The molecule has 204 valence electrons. The fourth-order valence-electron chi connectivity index (χ4n) is 6.96. The smallest absolute Gasteiger partial charge is 0.229 e. The lowest BCUT2D eigenvalue weighted by atomic mass is 9.76. The van der Waals surface area contributed by atoms with Gasteiger partial charge < -0.3 is 14.7 Å². The Balaban J connectivity index is 1.06. The van der Waals surface area contributed by atoms with Crippen LogP contribution in [0.15, 0.2) is 73.1 Å². The molecule has 0 aliphatic carbocycles. The van der Waals surface area contributed by atoms with Crippen LogP contribution in [0, 0.1) is 11.3 Å². The van der Waals surface area contributed by atoms with E-state index in [1.54, 1.807) is 6.20 Å². The molecule has 3 saturated heterocycles. The lowest BCUT2D eigenvalue weighted by Gasteiger charge is -2.39. The average molecular weight is 526 g/mol. The van der Waals surface area contributed by atoms with E-state index in [-0.39, 0.29) is 11.3 Å². The molecule has 0 N–H and O–H groups in total. The minimum absolute atomic E-state index is 0.204.